The van der Waals surface area contributed by atoms with Gasteiger partial charge in [-0.2, -0.15) is 0 Å². The van der Waals surface area contributed by atoms with E-state index in [1.54, 1.807) is 11.2 Å². The molecule has 5 rings (SSSR count). The number of hydrogen-bond acceptors (Lipinski definition) is 4. The van der Waals surface area contributed by atoms with E-state index in [0.717, 1.165) is 42.8 Å². The van der Waals surface area contributed by atoms with Crippen LogP contribution in [0.1, 0.15) is 60.9 Å². The third-order valence-electron chi connectivity index (χ3n) is 7.64. The van der Waals surface area contributed by atoms with Crippen LogP contribution in [0, 0.1) is 13.8 Å². The lowest BCUT2D eigenvalue weighted by molar-refractivity contribution is -0.130. The molecule has 0 saturated carbocycles. The predicted octanol–water partition coefficient (Wildman–Crippen LogP) is 4.89. The van der Waals surface area contributed by atoms with Gasteiger partial charge in [-0.3, -0.25) is 14.1 Å². The first-order valence-corrected chi connectivity index (χ1v) is 12.6. The third kappa shape index (κ3) is 4.22. The molecule has 1 aliphatic heterocycles. The monoisotopic (exact) mass is 472 g/mol. The lowest BCUT2D eigenvalue weighted by atomic mass is 9.87. The van der Waals surface area contributed by atoms with Crippen molar-refractivity contribution in [2.75, 3.05) is 33.7 Å². The number of nitrogens with zero attached hydrogens (tertiary/aromatic N) is 5. The maximum Gasteiger partial charge on any atom is 0.236 e. The number of amides is 1. The Morgan fingerprint density at radius 3 is 2.60 bits per heavy atom. The summed E-state index contributed by atoms with van der Waals surface area (Å²) in [4.78, 5) is 19.8. The number of carbonyl (C=O) groups excluding carboxylic acids is 1. The van der Waals surface area contributed by atoms with Gasteiger partial charge in [0, 0.05) is 36.3 Å². The second-order valence-electron chi connectivity index (χ2n) is 10.6. The Labute approximate surface area is 207 Å². The Hall–Kier alpha value is -3.19. The fourth-order valence-corrected chi connectivity index (χ4v) is 5.57. The number of hydrogen-bond donors (Lipinski definition) is 1. The first-order valence-electron chi connectivity index (χ1n) is 12.6. The van der Waals surface area contributed by atoms with Crippen molar-refractivity contribution in [3.8, 4) is 11.3 Å². The summed E-state index contributed by atoms with van der Waals surface area (Å²) >= 11 is 0. The summed E-state index contributed by atoms with van der Waals surface area (Å²) in [5.41, 5.74) is 9.53. The number of aromatic amines is 1. The lowest BCUT2D eigenvalue weighted by Gasteiger charge is -2.32. The zero-order valence-electron chi connectivity index (χ0n) is 21.7. The van der Waals surface area contributed by atoms with E-state index < -0.39 is 0 Å². The van der Waals surface area contributed by atoms with Crippen molar-refractivity contribution in [2.45, 2.75) is 52.4 Å². The van der Waals surface area contributed by atoms with Crippen LogP contribution < -0.4 is 0 Å². The van der Waals surface area contributed by atoms with Gasteiger partial charge in [-0.05, 0) is 86.5 Å². The number of likely N-dealkylation sites (tertiary alicyclic amines) is 1. The molecule has 0 atom stereocenters. The molecule has 4 heterocycles. The van der Waals surface area contributed by atoms with E-state index in [9.17, 15) is 4.79 Å². The second-order valence-corrected chi connectivity index (χ2v) is 10.6. The van der Waals surface area contributed by atoms with Crippen LogP contribution in [0.3, 0.4) is 0 Å². The van der Waals surface area contributed by atoms with Gasteiger partial charge in [0.1, 0.15) is 6.33 Å². The van der Waals surface area contributed by atoms with E-state index in [1.807, 2.05) is 14.1 Å². The van der Waals surface area contributed by atoms with Gasteiger partial charge in [0.2, 0.25) is 5.91 Å². The minimum Gasteiger partial charge on any atom is -0.354 e. The average Bonchev–Trinajstić information content (AvgIpc) is 3.47. The number of aryl methyl sites for hydroxylation is 2. The summed E-state index contributed by atoms with van der Waals surface area (Å²) in [6.45, 7) is 11.2. The van der Waals surface area contributed by atoms with Gasteiger partial charge in [0.25, 0.3) is 0 Å². The second kappa shape index (κ2) is 9.11. The molecule has 0 radical (unpaired) electrons. The highest BCUT2D eigenvalue weighted by atomic mass is 16.2. The van der Waals surface area contributed by atoms with Crippen LogP contribution in [0.5, 0.6) is 0 Å². The quantitative estimate of drug-likeness (QED) is 0.449. The molecule has 4 aromatic rings. The molecule has 7 heteroatoms. The Morgan fingerprint density at radius 2 is 1.91 bits per heavy atom. The number of piperidine rings is 1. The summed E-state index contributed by atoms with van der Waals surface area (Å²) < 4.78 is 2.08. The molecular weight excluding hydrogens is 436 g/mol. The molecule has 3 aromatic heterocycles. The summed E-state index contributed by atoms with van der Waals surface area (Å²) in [6, 6.07) is 9.19. The number of rotatable bonds is 5. The molecule has 1 aliphatic rings. The highest BCUT2D eigenvalue weighted by Crippen LogP contribution is 2.39. The predicted molar refractivity (Wildman–Crippen MR) is 141 cm³/mol. The SMILES string of the molecule is Cc1cc(-c2[nH]c3ccc(C4CCN(CC(=O)N(C)C)CC4)cc3c2C(C)C)c(C)n2cnnc12. The van der Waals surface area contributed by atoms with E-state index in [-0.39, 0.29) is 5.91 Å². The van der Waals surface area contributed by atoms with Crippen LogP contribution in [-0.2, 0) is 4.79 Å². The molecule has 1 fully saturated rings. The molecule has 35 heavy (non-hydrogen) atoms. The van der Waals surface area contributed by atoms with Crippen molar-refractivity contribution < 1.29 is 4.79 Å². The van der Waals surface area contributed by atoms with Crippen molar-refractivity contribution in [1.29, 1.82) is 0 Å². The molecule has 1 saturated heterocycles. The lowest BCUT2D eigenvalue weighted by Crippen LogP contribution is -2.40. The normalized spacial score (nSPS) is 15.5. The van der Waals surface area contributed by atoms with Crippen LogP contribution >= 0.6 is 0 Å². The minimum atomic E-state index is 0.182. The maximum atomic E-state index is 12.1. The van der Waals surface area contributed by atoms with Gasteiger partial charge >= 0.3 is 0 Å². The van der Waals surface area contributed by atoms with Crippen LogP contribution in [0.25, 0.3) is 27.8 Å². The molecule has 0 unspecified atom stereocenters. The van der Waals surface area contributed by atoms with Crippen LogP contribution in [0.4, 0.5) is 0 Å². The highest BCUT2D eigenvalue weighted by molar-refractivity contribution is 5.92. The van der Waals surface area contributed by atoms with Crippen molar-refractivity contribution in [2.24, 2.45) is 0 Å². The van der Waals surface area contributed by atoms with Gasteiger partial charge in [-0.1, -0.05) is 19.9 Å². The van der Waals surface area contributed by atoms with E-state index in [0.29, 0.717) is 18.4 Å². The number of benzene rings is 1. The Balaban J connectivity index is 1.49. The van der Waals surface area contributed by atoms with Crippen molar-refractivity contribution >= 4 is 22.5 Å². The summed E-state index contributed by atoms with van der Waals surface area (Å²) in [7, 11) is 3.66. The molecular formula is C28H36N6O. The van der Waals surface area contributed by atoms with Gasteiger partial charge in [0.15, 0.2) is 5.65 Å². The van der Waals surface area contributed by atoms with Crippen LogP contribution in [0.2, 0.25) is 0 Å². The number of aromatic nitrogens is 4. The first-order chi connectivity index (χ1) is 16.7. The van der Waals surface area contributed by atoms with Gasteiger partial charge in [-0.15, -0.1) is 10.2 Å². The molecule has 1 aromatic carbocycles. The summed E-state index contributed by atoms with van der Waals surface area (Å²) in [6.07, 6.45) is 3.97. The molecule has 0 spiro atoms. The molecule has 0 aliphatic carbocycles. The third-order valence-corrected chi connectivity index (χ3v) is 7.64. The number of fused-ring (bicyclic) bond motifs is 2. The number of pyridine rings is 1. The van der Waals surface area contributed by atoms with E-state index in [4.69, 9.17) is 0 Å². The molecule has 184 valence electrons. The standard InChI is InChI=1S/C28H36N6O/c1-17(2)26-23-14-21(20-9-11-33(12-10-20)15-25(35)32(5)6)7-8-24(23)30-27(26)22-13-18(3)28-31-29-16-34(28)19(22)4/h7-8,13-14,16-17,20,30H,9-12,15H2,1-6H3. The number of nitrogens with one attached hydrogen (secondary N) is 1. The summed E-state index contributed by atoms with van der Waals surface area (Å²) in [5.74, 6) is 1.09. The van der Waals surface area contributed by atoms with E-state index in [1.165, 1.54) is 33.3 Å². The largest absolute Gasteiger partial charge is 0.354 e. The number of carbonyl (C=O) groups is 1. The topological polar surface area (TPSA) is 69.5 Å². The number of likely N-dealkylation sites (N-methyl/N-ethyl adjacent to an activating group) is 1. The highest BCUT2D eigenvalue weighted by Gasteiger charge is 2.25. The zero-order chi connectivity index (χ0) is 24.9. The molecule has 1 N–H and O–H groups in total. The smallest absolute Gasteiger partial charge is 0.236 e. The molecule has 0 bridgehead atoms. The maximum absolute atomic E-state index is 12.1. The first kappa shape index (κ1) is 23.5. The Kier molecular flexibility index (Phi) is 6.13. The van der Waals surface area contributed by atoms with Gasteiger partial charge in [0.05, 0.1) is 12.2 Å². The van der Waals surface area contributed by atoms with Gasteiger partial charge in [-0.25, -0.2) is 0 Å². The van der Waals surface area contributed by atoms with Crippen molar-refractivity contribution in [3.05, 3.63) is 53.0 Å². The average molecular weight is 473 g/mol. The van der Waals surface area contributed by atoms with E-state index >= 15 is 0 Å². The fraction of sp³-hybridized carbons (Fsp3) is 0.464. The summed E-state index contributed by atoms with van der Waals surface area (Å²) in [5, 5.41) is 9.73. The number of H-pyrrole nitrogens is 1. The van der Waals surface area contributed by atoms with Crippen LogP contribution in [0.15, 0.2) is 30.6 Å². The molecule has 1 amide bonds. The Morgan fingerprint density at radius 1 is 1.17 bits per heavy atom. The zero-order valence-corrected chi connectivity index (χ0v) is 21.7. The van der Waals surface area contributed by atoms with Crippen molar-refractivity contribution in [3.63, 3.8) is 0 Å². The molecule has 7 nitrogen and oxygen atoms in total. The van der Waals surface area contributed by atoms with Crippen molar-refractivity contribution in [1.82, 2.24) is 29.4 Å². The van der Waals surface area contributed by atoms with Crippen LogP contribution in [-0.4, -0.2) is 69.0 Å². The Bertz CT molecular complexity index is 1390. The van der Waals surface area contributed by atoms with Gasteiger partial charge < -0.3 is 9.88 Å². The fourth-order valence-electron chi connectivity index (χ4n) is 5.57. The van der Waals surface area contributed by atoms with E-state index in [2.05, 4.69) is 76.4 Å². The minimum absolute atomic E-state index is 0.182.